The lowest BCUT2D eigenvalue weighted by Crippen LogP contribution is -2.34. The molecule has 32 heavy (non-hydrogen) atoms. The summed E-state index contributed by atoms with van der Waals surface area (Å²) in [6, 6.07) is 12.6. The summed E-state index contributed by atoms with van der Waals surface area (Å²) < 4.78 is 10.9. The van der Waals surface area contributed by atoms with Gasteiger partial charge in [0.15, 0.2) is 5.60 Å². The van der Waals surface area contributed by atoms with Crippen LogP contribution in [0.25, 0.3) is 22.8 Å². The molecule has 0 radical (unpaired) electrons. The van der Waals surface area contributed by atoms with E-state index < -0.39 is 11.6 Å². The van der Waals surface area contributed by atoms with Crippen molar-refractivity contribution in [2.75, 3.05) is 5.73 Å². The molecule has 8 nitrogen and oxygen atoms in total. The Morgan fingerprint density at radius 2 is 1.78 bits per heavy atom. The molecule has 1 heterocycles. The molecular formula is C23H26ClN3O5. The Bertz CT molecular complexity index is 1060. The molecule has 0 unspecified atom stereocenters. The van der Waals surface area contributed by atoms with Crippen molar-refractivity contribution in [2.45, 2.75) is 51.2 Å². The maximum absolute atomic E-state index is 10.3. The third-order valence-electron chi connectivity index (χ3n) is 4.97. The number of anilines is 1. The van der Waals surface area contributed by atoms with Gasteiger partial charge in [0.25, 0.3) is 5.89 Å². The van der Waals surface area contributed by atoms with Crippen molar-refractivity contribution in [1.29, 1.82) is 0 Å². The van der Waals surface area contributed by atoms with Crippen LogP contribution in [0.2, 0.25) is 5.02 Å². The van der Waals surface area contributed by atoms with Gasteiger partial charge >= 0.3 is 5.97 Å². The lowest BCUT2D eigenvalue weighted by atomic mass is 10.0. The monoisotopic (exact) mass is 459 g/mol. The Morgan fingerprint density at radius 3 is 2.31 bits per heavy atom. The van der Waals surface area contributed by atoms with Gasteiger partial charge < -0.3 is 25.2 Å². The van der Waals surface area contributed by atoms with Crippen molar-refractivity contribution in [3.05, 3.63) is 47.5 Å². The third-order valence-corrected chi connectivity index (χ3v) is 5.26. The van der Waals surface area contributed by atoms with E-state index in [1.54, 1.807) is 24.3 Å². The number of hydrogen-bond acceptors (Lipinski definition) is 7. The van der Waals surface area contributed by atoms with Crippen LogP contribution in [-0.4, -0.2) is 38.0 Å². The molecule has 0 bridgehead atoms. The van der Waals surface area contributed by atoms with Gasteiger partial charge in [-0.05, 0) is 82.0 Å². The molecule has 170 valence electrons. The van der Waals surface area contributed by atoms with Crippen molar-refractivity contribution >= 4 is 23.3 Å². The van der Waals surface area contributed by atoms with Crippen LogP contribution in [0.15, 0.2) is 47.0 Å². The molecule has 1 fully saturated rings. The minimum absolute atomic E-state index is 0.0562. The van der Waals surface area contributed by atoms with Crippen LogP contribution >= 0.6 is 11.6 Å². The number of hydrogen-bond donors (Lipinski definition) is 3. The second-order valence-corrected chi connectivity index (χ2v) is 8.31. The first kappa shape index (κ1) is 23.6. The quantitative estimate of drug-likeness (QED) is 0.463. The van der Waals surface area contributed by atoms with Gasteiger partial charge in [0.05, 0.1) is 11.1 Å². The van der Waals surface area contributed by atoms with Crippen molar-refractivity contribution < 1.29 is 24.3 Å². The van der Waals surface area contributed by atoms with Gasteiger partial charge in [-0.25, -0.2) is 4.79 Å². The SMILES string of the molecule is CC(C)Oc1ccc(-c2noc(-c3ccc(N)cc3)n2)cc1Cl.O=C(O)C1(O)CCCC1. The van der Waals surface area contributed by atoms with Crippen molar-refractivity contribution in [1.82, 2.24) is 10.1 Å². The average Bonchev–Trinajstić information content (AvgIpc) is 3.41. The minimum atomic E-state index is -1.39. The van der Waals surface area contributed by atoms with Gasteiger partial charge in [0.2, 0.25) is 5.82 Å². The van der Waals surface area contributed by atoms with E-state index in [0.29, 0.717) is 41.0 Å². The zero-order chi connectivity index (χ0) is 23.3. The summed E-state index contributed by atoms with van der Waals surface area (Å²) in [6.07, 6.45) is 2.57. The smallest absolute Gasteiger partial charge is 0.335 e. The summed E-state index contributed by atoms with van der Waals surface area (Å²) in [6.45, 7) is 3.89. The summed E-state index contributed by atoms with van der Waals surface area (Å²) in [5, 5.41) is 22.1. The highest BCUT2D eigenvalue weighted by molar-refractivity contribution is 6.32. The number of rotatable bonds is 5. The zero-order valence-electron chi connectivity index (χ0n) is 17.9. The van der Waals surface area contributed by atoms with Crippen molar-refractivity contribution in [3.8, 4) is 28.6 Å². The number of aliphatic carboxylic acids is 1. The number of nitrogens with zero attached hydrogens (tertiary/aromatic N) is 2. The van der Waals surface area contributed by atoms with Gasteiger partial charge in [-0.15, -0.1) is 0 Å². The number of carboxylic acid groups (broad SMARTS) is 1. The zero-order valence-corrected chi connectivity index (χ0v) is 18.7. The van der Waals surface area contributed by atoms with Gasteiger partial charge in [0.1, 0.15) is 5.75 Å². The Labute approximate surface area is 191 Å². The molecular weight excluding hydrogens is 434 g/mol. The van der Waals surface area contributed by atoms with Crippen LogP contribution < -0.4 is 10.5 Å². The van der Waals surface area contributed by atoms with Gasteiger partial charge in [-0.3, -0.25) is 0 Å². The van der Waals surface area contributed by atoms with Crippen LogP contribution in [0.1, 0.15) is 39.5 Å². The number of halogens is 1. The lowest BCUT2D eigenvalue weighted by Gasteiger charge is -2.14. The van der Waals surface area contributed by atoms with Crippen LogP contribution in [0, 0.1) is 0 Å². The molecule has 0 amide bonds. The normalized spacial score (nSPS) is 14.7. The Balaban J connectivity index is 0.000000269. The van der Waals surface area contributed by atoms with Crippen molar-refractivity contribution in [3.63, 3.8) is 0 Å². The Morgan fingerprint density at radius 1 is 1.16 bits per heavy atom. The molecule has 0 spiro atoms. The average molecular weight is 460 g/mol. The Hall–Kier alpha value is -3.10. The summed E-state index contributed by atoms with van der Waals surface area (Å²) in [4.78, 5) is 14.7. The van der Waals surface area contributed by atoms with Crippen LogP contribution in [0.5, 0.6) is 5.75 Å². The lowest BCUT2D eigenvalue weighted by molar-refractivity contribution is -0.157. The first-order valence-corrected chi connectivity index (χ1v) is 10.7. The largest absolute Gasteiger partial charge is 0.489 e. The van der Waals surface area contributed by atoms with E-state index >= 15 is 0 Å². The molecule has 9 heteroatoms. The molecule has 1 saturated carbocycles. The first-order valence-electron chi connectivity index (χ1n) is 10.3. The summed E-state index contributed by atoms with van der Waals surface area (Å²) >= 11 is 6.24. The highest BCUT2D eigenvalue weighted by atomic mass is 35.5. The first-order chi connectivity index (χ1) is 15.2. The minimum Gasteiger partial charge on any atom is -0.489 e. The summed E-state index contributed by atoms with van der Waals surface area (Å²) in [5.74, 6) is 0.459. The maximum atomic E-state index is 10.3. The second kappa shape index (κ2) is 10.0. The van der Waals surface area contributed by atoms with Gasteiger partial charge in [-0.1, -0.05) is 16.8 Å². The maximum Gasteiger partial charge on any atom is 0.335 e. The van der Waals surface area contributed by atoms with E-state index in [1.165, 1.54) is 0 Å². The number of aromatic nitrogens is 2. The fraction of sp³-hybridized carbons (Fsp3) is 0.348. The number of aliphatic hydroxyl groups is 1. The predicted molar refractivity (Wildman–Crippen MR) is 121 cm³/mol. The fourth-order valence-electron chi connectivity index (χ4n) is 3.25. The van der Waals surface area contributed by atoms with Gasteiger partial charge in [0, 0.05) is 16.8 Å². The van der Waals surface area contributed by atoms with E-state index in [2.05, 4.69) is 10.1 Å². The number of nitrogens with two attached hydrogens (primary N) is 1. The highest BCUT2D eigenvalue weighted by Gasteiger charge is 2.38. The number of carbonyl (C=O) groups is 1. The van der Waals surface area contributed by atoms with E-state index in [-0.39, 0.29) is 6.10 Å². The van der Waals surface area contributed by atoms with Crippen LogP contribution in [0.4, 0.5) is 5.69 Å². The molecule has 1 aromatic heterocycles. The van der Waals surface area contributed by atoms with E-state index in [9.17, 15) is 4.79 Å². The summed E-state index contributed by atoms with van der Waals surface area (Å²) in [5.41, 5.74) is 6.54. The molecule has 2 aromatic carbocycles. The molecule has 1 aliphatic carbocycles. The van der Waals surface area contributed by atoms with Crippen LogP contribution in [0.3, 0.4) is 0 Å². The Kier molecular flexibility index (Phi) is 7.37. The molecule has 0 saturated heterocycles. The third kappa shape index (κ3) is 5.77. The fourth-order valence-corrected chi connectivity index (χ4v) is 3.47. The van der Waals surface area contributed by atoms with Crippen molar-refractivity contribution in [2.24, 2.45) is 0 Å². The molecule has 0 aliphatic heterocycles. The summed E-state index contributed by atoms with van der Waals surface area (Å²) in [7, 11) is 0. The van der Waals surface area contributed by atoms with Crippen LogP contribution in [-0.2, 0) is 4.79 Å². The predicted octanol–water partition coefficient (Wildman–Crippen LogP) is 4.80. The standard InChI is InChI=1S/C17H16ClN3O2.C6H10O3/c1-10(2)22-15-8-5-12(9-14(15)18)16-20-17(23-21-16)11-3-6-13(19)7-4-11;7-5(8)6(9)3-1-2-4-6/h3-10H,19H2,1-2H3;9H,1-4H2,(H,7,8). The number of ether oxygens (including phenoxy) is 1. The molecule has 0 atom stereocenters. The molecule has 4 N–H and O–H groups in total. The molecule has 3 aromatic rings. The molecule has 4 rings (SSSR count). The topological polar surface area (TPSA) is 132 Å². The number of nitrogen functional groups attached to an aromatic ring is 1. The van der Waals surface area contributed by atoms with Gasteiger partial charge in [-0.2, -0.15) is 4.98 Å². The van der Waals surface area contributed by atoms with E-state index in [4.69, 9.17) is 36.8 Å². The molecule has 1 aliphatic rings. The van der Waals surface area contributed by atoms with E-state index in [0.717, 1.165) is 24.0 Å². The highest BCUT2D eigenvalue weighted by Crippen LogP contribution is 2.31. The second-order valence-electron chi connectivity index (χ2n) is 7.90. The number of carboxylic acids is 1. The van der Waals surface area contributed by atoms with E-state index in [1.807, 2.05) is 32.0 Å². The number of benzene rings is 2.